The molecule has 0 spiro atoms. The van der Waals surface area contributed by atoms with Gasteiger partial charge in [-0.2, -0.15) is 0 Å². The zero-order chi connectivity index (χ0) is 48.9. The Kier molecular flexibility index (Phi) is 9.62. The second-order valence-corrected chi connectivity index (χ2v) is 19.4. The number of hydrogen-bond donors (Lipinski definition) is 0. The van der Waals surface area contributed by atoms with E-state index in [1.54, 1.807) is 0 Å². The van der Waals surface area contributed by atoms with Crippen LogP contribution in [0.15, 0.2) is 255 Å². The lowest BCUT2D eigenvalue weighted by Gasteiger charge is -2.46. The van der Waals surface area contributed by atoms with Gasteiger partial charge in [0.1, 0.15) is 0 Å². The Morgan fingerprint density at radius 3 is 0.905 bits per heavy atom. The molecular formula is C66H42BClN4O2. The van der Waals surface area contributed by atoms with Crippen molar-refractivity contribution in [2.75, 3.05) is 19.6 Å². The summed E-state index contributed by atoms with van der Waals surface area (Å²) in [5.74, 6) is 3.16. The average Bonchev–Trinajstić information content (AvgIpc) is 3.46. The first kappa shape index (κ1) is 42.3. The number of ether oxygens (including phenoxy) is 2. The molecule has 0 N–H and O–H groups in total. The van der Waals surface area contributed by atoms with E-state index in [2.05, 4.69) is 226 Å². The molecule has 0 aliphatic carbocycles. The van der Waals surface area contributed by atoms with E-state index >= 15 is 0 Å². The summed E-state index contributed by atoms with van der Waals surface area (Å²) in [5, 5.41) is 0.625. The predicted molar refractivity (Wildman–Crippen MR) is 306 cm³/mol. The third-order valence-electron chi connectivity index (χ3n) is 14.8. The van der Waals surface area contributed by atoms with Crippen molar-refractivity contribution >= 4 is 103 Å². The number of halogens is 1. The Hall–Kier alpha value is -9.43. The number of fused-ring (bicyclic) bond motifs is 8. The van der Waals surface area contributed by atoms with E-state index in [0.717, 1.165) is 119 Å². The van der Waals surface area contributed by atoms with Gasteiger partial charge in [0, 0.05) is 27.8 Å². The molecule has 0 atom stereocenters. The molecule has 6 nitrogen and oxygen atoms in total. The molecule has 348 valence electrons. The molecule has 0 aromatic heterocycles. The molecule has 0 fully saturated rings. The maximum Gasteiger partial charge on any atom is 0.252 e. The van der Waals surface area contributed by atoms with Crippen molar-refractivity contribution in [2.24, 2.45) is 0 Å². The SMILES string of the molecule is Clc1cc2c3c(c1)N(c1ccccc1N1c4ccccc4Oc4ccccc41)c1ccc(-c4ccccc4)cc1B3c1cc(-c3ccccc3)ccc1N2c1ccccc1N1c2ccccc2Oc2ccccc21. The lowest BCUT2D eigenvalue weighted by molar-refractivity contribution is 0.477. The maximum atomic E-state index is 7.64. The van der Waals surface area contributed by atoms with Gasteiger partial charge in [0.25, 0.3) is 6.71 Å². The minimum absolute atomic E-state index is 0.198. The van der Waals surface area contributed by atoms with Crippen molar-refractivity contribution in [1.82, 2.24) is 0 Å². The molecule has 8 heteroatoms. The number of rotatable bonds is 6. The quantitative estimate of drug-likeness (QED) is 0.154. The van der Waals surface area contributed by atoms with E-state index in [0.29, 0.717) is 5.02 Å². The number of hydrogen-bond acceptors (Lipinski definition) is 6. The van der Waals surface area contributed by atoms with E-state index in [1.807, 2.05) is 48.5 Å². The van der Waals surface area contributed by atoms with E-state index in [-0.39, 0.29) is 6.71 Å². The summed E-state index contributed by atoms with van der Waals surface area (Å²) in [4.78, 5) is 9.58. The van der Waals surface area contributed by atoms with Crippen LogP contribution < -0.4 is 45.5 Å². The van der Waals surface area contributed by atoms with Crippen LogP contribution in [-0.2, 0) is 0 Å². The molecule has 11 aromatic rings. The summed E-state index contributed by atoms with van der Waals surface area (Å²) >= 11 is 7.64. The highest BCUT2D eigenvalue weighted by atomic mass is 35.5. The van der Waals surface area contributed by atoms with Crippen LogP contribution in [0.4, 0.5) is 68.2 Å². The highest BCUT2D eigenvalue weighted by Gasteiger charge is 2.45. The van der Waals surface area contributed by atoms with Gasteiger partial charge in [-0.25, -0.2) is 0 Å². The smallest absolute Gasteiger partial charge is 0.252 e. The largest absolute Gasteiger partial charge is 0.453 e. The standard InChI is InChI=1S/C66H42BClN4O2/c68-47-41-60-66-61(42-47)70(53-24-8-10-26-55(53)72-58-29-13-17-33-64(58)74-65-34-18-14-30-59(65)72)51-38-36-46(44-21-5-2-6-22-44)40-49(51)67(66)48-39-45(43-19-3-1-4-20-43)35-37-50(48)69(60)52-23-7-9-25-54(52)71-56-27-11-15-31-62(56)73-63-32-16-12-28-57(63)71/h1-42H. The third-order valence-corrected chi connectivity index (χ3v) is 15.1. The molecule has 0 saturated heterocycles. The highest BCUT2D eigenvalue weighted by molar-refractivity contribution is 7.00. The van der Waals surface area contributed by atoms with Gasteiger partial charge in [0.2, 0.25) is 0 Å². The fraction of sp³-hybridized carbons (Fsp3) is 0. The van der Waals surface area contributed by atoms with Gasteiger partial charge < -0.3 is 29.1 Å². The van der Waals surface area contributed by atoms with E-state index < -0.39 is 0 Å². The second kappa shape index (κ2) is 16.8. The Morgan fingerprint density at radius 1 is 0.257 bits per heavy atom. The molecule has 4 heterocycles. The Morgan fingerprint density at radius 2 is 0.554 bits per heavy atom. The maximum absolute atomic E-state index is 7.64. The van der Waals surface area contributed by atoms with E-state index in [9.17, 15) is 0 Å². The molecule has 74 heavy (non-hydrogen) atoms. The first-order valence-electron chi connectivity index (χ1n) is 25.0. The van der Waals surface area contributed by atoms with Crippen molar-refractivity contribution < 1.29 is 9.47 Å². The van der Waals surface area contributed by atoms with Crippen molar-refractivity contribution in [3.63, 3.8) is 0 Å². The minimum atomic E-state index is -0.198. The lowest BCUT2D eigenvalue weighted by atomic mass is 9.33. The van der Waals surface area contributed by atoms with Gasteiger partial charge in [-0.1, -0.05) is 169 Å². The third kappa shape index (κ3) is 6.53. The molecule has 0 radical (unpaired) electrons. The Balaban J connectivity index is 1.03. The van der Waals surface area contributed by atoms with E-state index in [4.69, 9.17) is 21.1 Å². The van der Waals surface area contributed by atoms with Crippen LogP contribution in [0.5, 0.6) is 23.0 Å². The first-order chi connectivity index (χ1) is 36.6. The topological polar surface area (TPSA) is 31.4 Å². The van der Waals surface area contributed by atoms with Crippen LogP contribution in [0.1, 0.15) is 0 Å². The number of anilines is 12. The van der Waals surface area contributed by atoms with Crippen LogP contribution in [0.3, 0.4) is 0 Å². The average molecular weight is 969 g/mol. The molecule has 0 amide bonds. The van der Waals surface area contributed by atoms with Crippen molar-refractivity contribution in [1.29, 1.82) is 0 Å². The van der Waals surface area contributed by atoms with Gasteiger partial charge in [-0.05, 0) is 136 Å². The highest BCUT2D eigenvalue weighted by Crippen LogP contribution is 2.57. The lowest BCUT2D eigenvalue weighted by Crippen LogP contribution is -2.61. The fourth-order valence-electron chi connectivity index (χ4n) is 11.7. The summed E-state index contributed by atoms with van der Waals surface area (Å²) in [6.07, 6.45) is 0. The van der Waals surface area contributed by atoms with E-state index in [1.165, 1.54) is 10.9 Å². The molecule has 15 rings (SSSR count). The van der Waals surface area contributed by atoms with Crippen LogP contribution in [0, 0.1) is 0 Å². The van der Waals surface area contributed by atoms with Gasteiger partial charge in [0.15, 0.2) is 23.0 Å². The van der Waals surface area contributed by atoms with Crippen LogP contribution in [0.2, 0.25) is 5.02 Å². The predicted octanol–water partition coefficient (Wildman–Crippen LogP) is 16.9. The van der Waals surface area contributed by atoms with Crippen LogP contribution in [0.25, 0.3) is 22.3 Å². The van der Waals surface area contributed by atoms with Crippen molar-refractivity contribution in [3.8, 4) is 45.3 Å². The molecule has 4 aliphatic heterocycles. The normalized spacial score (nSPS) is 13.3. The summed E-state index contributed by atoms with van der Waals surface area (Å²) in [5.41, 5.74) is 20.1. The fourth-order valence-corrected chi connectivity index (χ4v) is 11.9. The van der Waals surface area contributed by atoms with Crippen molar-refractivity contribution in [2.45, 2.75) is 0 Å². The van der Waals surface area contributed by atoms with Crippen LogP contribution in [-0.4, -0.2) is 6.71 Å². The summed E-state index contributed by atoms with van der Waals surface area (Å²) in [6, 6.07) is 90.4. The zero-order valence-electron chi connectivity index (χ0n) is 39.8. The number of nitrogens with zero attached hydrogens (tertiary/aromatic N) is 4. The first-order valence-corrected chi connectivity index (χ1v) is 25.3. The number of benzene rings is 11. The Bertz CT molecular complexity index is 3710. The van der Waals surface area contributed by atoms with Gasteiger partial charge in [-0.3, -0.25) is 0 Å². The molecular weight excluding hydrogens is 927 g/mol. The minimum Gasteiger partial charge on any atom is -0.453 e. The number of para-hydroxylation sites is 12. The molecule has 0 unspecified atom stereocenters. The second-order valence-electron chi connectivity index (χ2n) is 19.0. The monoisotopic (exact) mass is 968 g/mol. The zero-order valence-corrected chi connectivity index (χ0v) is 40.6. The molecule has 11 aromatic carbocycles. The van der Waals surface area contributed by atoms with Crippen molar-refractivity contribution in [3.05, 3.63) is 260 Å². The van der Waals surface area contributed by atoms with Gasteiger partial charge >= 0.3 is 0 Å². The summed E-state index contributed by atoms with van der Waals surface area (Å²) < 4.78 is 13.2. The van der Waals surface area contributed by atoms with Gasteiger partial charge in [0.05, 0.1) is 45.5 Å². The van der Waals surface area contributed by atoms with Crippen LogP contribution >= 0.6 is 11.6 Å². The molecule has 0 bridgehead atoms. The molecule has 4 aliphatic rings. The Labute approximate surface area is 434 Å². The summed E-state index contributed by atoms with van der Waals surface area (Å²) in [7, 11) is 0. The van der Waals surface area contributed by atoms with Gasteiger partial charge in [-0.15, -0.1) is 0 Å². The molecule has 0 saturated carbocycles. The summed E-state index contributed by atoms with van der Waals surface area (Å²) in [6.45, 7) is -0.198.